The summed E-state index contributed by atoms with van der Waals surface area (Å²) in [7, 11) is 0. The zero-order chi connectivity index (χ0) is 20.2. The summed E-state index contributed by atoms with van der Waals surface area (Å²) in [4.78, 5) is 16.7. The number of rotatable bonds is 2. The van der Waals surface area contributed by atoms with Gasteiger partial charge in [-0.25, -0.2) is 4.89 Å². The summed E-state index contributed by atoms with van der Waals surface area (Å²) in [6.07, 6.45) is -4.27. The Morgan fingerprint density at radius 3 is 2.33 bits per heavy atom. The van der Waals surface area contributed by atoms with Gasteiger partial charge >= 0.3 is 6.18 Å². The zero-order valence-corrected chi connectivity index (χ0v) is 16.0. The smallest absolute Gasteiger partial charge is 0.346 e. The van der Waals surface area contributed by atoms with E-state index in [2.05, 4.69) is 0 Å². The Morgan fingerprint density at radius 1 is 1.15 bits per heavy atom. The number of halogens is 3. The Balaban J connectivity index is 2.15. The van der Waals surface area contributed by atoms with Crippen LogP contribution in [0, 0.1) is 23.7 Å². The van der Waals surface area contributed by atoms with Gasteiger partial charge < -0.3 is 14.8 Å². The maximum absolute atomic E-state index is 14.2. The van der Waals surface area contributed by atoms with Gasteiger partial charge in [0, 0.05) is 18.8 Å². The van der Waals surface area contributed by atoms with Crippen LogP contribution in [0.15, 0.2) is 0 Å². The van der Waals surface area contributed by atoms with Crippen molar-refractivity contribution in [3.05, 3.63) is 0 Å². The first kappa shape index (κ1) is 20.8. The lowest BCUT2D eigenvalue weighted by atomic mass is 9.56. The van der Waals surface area contributed by atoms with E-state index in [-0.39, 0.29) is 17.9 Å². The van der Waals surface area contributed by atoms with Gasteiger partial charge in [-0.15, -0.1) is 0 Å². The number of hydrogen-bond acceptors (Lipinski definition) is 5. The minimum atomic E-state index is -4.86. The van der Waals surface area contributed by atoms with Gasteiger partial charge in [-0.05, 0) is 44.4 Å². The summed E-state index contributed by atoms with van der Waals surface area (Å²) in [5, 5.41) is 12.0. The largest absolute Gasteiger partial charge is 0.437 e. The van der Waals surface area contributed by atoms with Crippen molar-refractivity contribution in [2.75, 3.05) is 0 Å². The Kier molecular flexibility index (Phi) is 5.29. The molecule has 1 saturated carbocycles. The van der Waals surface area contributed by atoms with Gasteiger partial charge in [-0.2, -0.15) is 13.2 Å². The summed E-state index contributed by atoms with van der Waals surface area (Å²) in [6.45, 7) is 6.19. The molecule has 27 heavy (non-hydrogen) atoms. The van der Waals surface area contributed by atoms with Crippen LogP contribution >= 0.6 is 0 Å². The number of carbonyl (C=O) groups is 1. The van der Waals surface area contributed by atoms with Crippen molar-refractivity contribution in [1.29, 1.82) is 0 Å². The fourth-order valence-electron chi connectivity index (χ4n) is 5.55. The zero-order valence-electron chi connectivity index (χ0n) is 16.0. The molecule has 0 aromatic carbocycles. The second-order valence-corrected chi connectivity index (χ2v) is 8.39. The van der Waals surface area contributed by atoms with Crippen LogP contribution in [0.25, 0.3) is 0 Å². The normalized spacial score (nSPS) is 47.7. The highest BCUT2D eigenvalue weighted by Crippen LogP contribution is 2.60. The monoisotopic (exact) mass is 395 g/mol. The number of hydrogen-bond donors (Lipinski definition) is 2. The van der Waals surface area contributed by atoms with E-state index in [0.717, 1.165) is 6.92 Å². The molecule has 8 atom stereocenters. The van der Waals surface area contributed by atoms with Crippen LogP contribution in [-0.4, -0.2) is 41.1 Å². The first-order chi connectivity index (χ1) is 12.5. The van der Waals surface area contributed by atoms with Crippen LogP contribution in [0.5, 0.6) is 0 Å². The Bertz CT molecular complexity index is 588. The van der Waals surface area contributed by atoms with Gasteiger partial charge in [0.25, 0.3) is 0 Å². The molecule has 2 unspecified atom stereocenters. The van der Waals surface area contributed by atoms with E-state index in [1.54, 1.807) is 6.92 Å². The number of ether oxygens (including phenoxy) is 2. The fourth-order valence-corrected chi connectivity index (χ4v) is 5.55. The minimum absolute atomic E-state index is 0.139. The molecule has 0 bridgehead atoms. The molecular weight excluding hydrogens is 367 g/mol. The predicted molar refractivity (Wildman–Crippen MR) is 88.2 cm³/mol. The molecule has 2 N–H and O–H groups in total. The van der Waals surface area contributed by atoms with Gasteiger partial charge in [0.1, 0.15) is 0 Å². The van der Waals surface area contributed by atoms with Crippen LogP contribution in [0.1, 0.15) is 53.4 Å². The van der Waals surface area contributed by atoms with Gasteiger partial charge in [0.2, 0.25) is 11.6 Å². The van der Waals surface area contributed by atoms with E-state index >= 15 is 0 Å². The third kappa shape index (κ3) is 2.97. The van der Waals surface area contributed by atoms with Crippen LogP contribution < -0.4 is 5.32 Å². The molecule has 1 amide bonds. The first-order valence-corrected chi connectivity index (χ1v) is 9.51. The Morgan fingerprint density at radius 2 is 1.78 bits per heavy atom. The molecule has 0 aromatic rings. The van der Waals surface area contributed by atoms with E-state index < -0.39 is 41.5 Å². The standard InChI is InChI=1S/C18H28F3NO5/c1-9-5-7-14-11(3)17(18(19,20)21,22-12(4)23)26-15-16(14,27-24)13(9)8-6-10(2)25-15/h9-11,13-15,24H,5-8H2,1-4H3,(H,22,23)/t9-,10+,11-,13?,14+,15+,16?,17-/m1/s1. The third-order valence-electron chi connectivity index (χ3n) is 6.87. The molecule has 3 fully saturated rings. The van der Waals surface area contributed by atoms with Crippen molar-refractivity contribution in [3.63, 3.8) is 0 Å². The third-order valence-corrected chi connectivity index (χ3v) is 6.87. The number of alkyl halides is 3. The lowest BCUT2D eigenvalue weighted by Crippen LogP contribution is -2.77. The van der Waals surface area contributed by atoms with E-state index in [4.69, 9.17) is 14.4 Å². The van der Waals surface area contributed by atoms with E-state index in [9.17, 15) is 23.2 Å². The number of carbonyl (C=O) groups excluding carboxylic acids is 1. The molecule has 6 nitrogen and oxygen atoms in total. The van der Waals surface area contributed by atoms with Gasteiger partial charge in [-0.3, -0.25) is 10.1 Å². The summed E-state index contributed by atoms with van der Waals surface area (Å²) in [6, 6.07) is 0. The molecule has 9 heteroatoms. The topological polar surface area (TPSA) is 77.0 Å². The molecule has 2 saturated heterocycles. The number of amides is 1. The van der Waals surface area contributed by atoms with Gasteiger partial charge in [0.05, 0.1) is 6.10 Å². The molecule has 156 valence electrons. The first-order valence-electron chi connectivity index (χ1n) is 9.51. The highest BCUT2D eigenvalue weighted by molar-refractivity contribution is 5.73. The Labute approximate surface area is 156 Å². The number of nitrogens with one attached hydrogen (secondary N) is 1. The van der Waals surface area contributed by atoms with Crippen molar-refractivity contribution in [2.45, 2.75) is 83.3 Å². The van der Waals surface area contributed by atoms with Crippen LogP contribution in [-0.2, 0) is 19.2 Å². The van der Waals surface area contributed by atoms with Crippen LogP contribution in [0.3, 0.4) is 0 Å². The predicted octanol–water partition coefficient (Wildman–Crippen LogP) is 3.46. The highest BCUT2D eigenvalue weighted by Gasteiger charge is 2.74. The minimum Gasteiger partial charge on any atom is -0.346 e. The average molecular weight is 395 g/mol. The van der Waals surface area contributed by atoms with Crippen LogP contribution in [0.2, 0.25) is 0 Å². The molecule has 2 heterocycles. The van der Waals surface area contributed by atoms with Gasteiger partial charge in [-0.1, -0.05) is 13.8 Å². The quantitative estimate of drug-likeness (QED) is 0.553. The van der Waals surface area contributed by atoms with E-state index in [1.165, 1.54) is 6.92 Å². The lowest BCUT2D eigenvalue weighted by Gasteiger charge is -2.61. The molecule has 2 aliphatic heterocycles. The van der Waals surface area contributed by atoms with Crippen molar-refractivity contribution in [1.82, 2.24) is 5.32 Å². The molecule has 0 radical (unpaired) electrons. The van der Waals surface area contributed by atoms with Crippen LogP contribution in [0.4, 0.5) is 13.2 Å². The van der Waals surface area contributed by atoms with Crippen molar-refractivity contribution < 1.29 is 37.6 Å². The van der Waals surface area contributed by atoms with Crippen molar-refractivity contribution >= 4 is 5.91 Å². The molecule has 0 spiro atoms. The average Bonchev–Trinajstić information content (AvgIpc) is 2.70. The lowest BCUT2D eigenvalue weighted by molar-refractivity contribution is -0.480. The maximum atomic E-state index is 14.2. The van der Waals surface area contributed by atoms with Crippen molar-refractivity contribution in [2.24, 2.45) is 23.7 Å². The summed E-state index contributed by atoms with van der Waals surface area (Å²) < 4.78 is 53.9. The highest BCUT2D eigenvalue weighted by atomic mass is 19.4. The Hall–Kier alpha value is -0.900. The SMILES string of the molecule is CC(=O)N[C@@]1(C(F)(F)F)O[C@@H]2O[C@@H](C)CCC3[C@H](C)CC[C@@H]([C@H]1C)C32OO. The summed E-state index contributed by atoms with van der Waals surface area (Å²) in [5.41, 5.74) is -4.29. The molecule has 0 aromatic heterocycles. The van der Waals surface area contributed by atoms with E-state index in [1.807, 2.05) is 12.2 Å². The molecule has 1 aliphatic carbocycles. The molecular formula is C18H28F3NO5. The summed E-state index contributed by atoms with van der Waals surface area (Å²) >= 11 is 0. The fraction of sp³-hybridized carbons (Fsp3) is 0.944. The van der Waals surface area contributed by atoms with Gasteiger partial charge in [0.15, 0.2) is 11.9 Å². The van der Waals surface area contributed by atoms with Crippen molar-refractivity contribution in [3.8, 4) is 0 Å². The van der Waals surface area contributed by atoms with E-state index in [0.29, 0.717) is 25.7 Å². The molecule has 3 aliphatic rings. The molecule has 3 rings (SSSR count). The second-order valence-electron chi connectivity index (χ2n) is 8.39. The maximum Gasteiger partial charge on any atom is 0.437 e. The second kappa shape index (κ2) is 6.86. The summed E-state index contributed by atoms with van der Waals surface area (Å²) in [5.74, 6) is -2.78.